The summed E-state index contributed by atoms with van der Waals surface area (Å²) >= 11 is 5.77. The number of halogens is 1. The Labute approximate surface area is 79.3 Å². The molecule has 0 aromatic carbocycles. The molecule has 4 nitrogen and oxygen atoms in total. The van der Waals surface area contributed by atoms with Gasteiger partial charge >= 0.3 is 0 Å². The van der Waals surface area contributed by atoms with Gasteiger partial charge in [-0.1, -0.05) is 5.16 Å². The van der Waals surface area contributed by atoms with E-state index in [1.165, 1.54) is 6.26 Å². The van der Waals surface area contributed by atoms with E-state index in [1.807, 2.05) is 6.92 Å². The van der Waals surface area contributed by atoms with Gasteiger partial charge in [-0.25, -0.2) is 0 Å². The Morgan fingerprint density at radius 1 is 1.54 bits per heavy atom. The summed E-state index contributed by atoms with van der Waals surface area (Å²) in [7, 11) is 0. The van der Waals surface area contributed by atoms with Crippen molar-refractivity contribution in [2.24, 2.45) is 0 Å². The van der Waals surface area contributed by atoms with Gasteiger partial charge in [-0.15, -0.1) is 0 Å². The minimum Gasteiger partial charge on any atom is -0.452 e. The molecule has 13 heavy (non-hydrogen) atoms. The Morgan fingerprint density at radius 2 is 2.31 bits per heavy atom. The van der Waals surface area contributed by atoms with Crippen LogP contribution < -0.4 is 5.73 Å². The van der Waals surface area contributed by atoms with Crippen LogP contribution in [0.2, 0.25) is 5.22 Å². The molecule has 0 amide bonds. The number of furan rings is 1. The van der Waals surface area contributed by atoms with Crippen molar-refractivity contribution >= 4 is 17.5 Å². The lowest BCUT2D eigenvalue weighted by molar-refractivity contribution is 0.438. The first-order valence-corrected chi connectivity index (χ1v) is 4.03. The standard InChI is InChI=1S/C8H7ClN2O2/c1-4-6(11-13-8(4)10)5-2-3-12-7(5)9/h2-3H,10H2,1H3. The van der Waals surface area contributed by atoms with Gasteiger partial charge in [0.1, 0.15) is 5.69 Å². The Bertz CT molecular complexity index is 433. The summed E-state index contributed by atoms with van der Waals surface area (Å²) in [5.41, 5.74) is 7.58. The van der Waals surface area contributed by atoms with Crippen molar-refractivity contribution in [1.82, 2.24) is 5.16 Å². The molecule has 68 valence electrons. The van der Waals surface area contributed by atoms with Gasteiger partial charge in [0, 0.05) is 5.56 Å². The highest BCUT2D eigenvalue weighted by atomic mass is 35.5. The fourth-order valence-corrected chi connectivity index (χ4v) is 1.27. The van der Waals surface area contributed by atoms with Crippen LogP contribution in [0.1, 0.15) is 5.56 Å². The van der Waals surface area contributed by atoms with E-state index in [0.717, 1.165) is 5.56 Å². The number of rotatable bonds is 1. The summed E-state index contributed by atoms with van der Waals surface area (Å²) in [6.45, 7) is 1.81. The predicted molar refractivity (Wildman–Crippen MR) is 48.4 cm³/mol. The zero-order valence-electron chi connectivity index (χ0n) is 6.87. The zero-order valence-corrected chi connectivity index (χ0v) is 7.63. The summed E-state index contributed by atoms with van der Waals surface area (Å²) in [6.07, 6.45) is 1.49. The van der Waals surface area contributed by atoms with Crippen molar-refractivity contribution in [2.75, 3.05) is 5.73 Å². The first-order valence-electron chi connectivity index (χ1n) is 3.65. The first kappa shape index (κ1) is 8.19. The summed E-state index contributed by atoms with van der Waals surface area (Å²) in [5.74, 6) is 0.298. The Balaban J connectivity index is 2.59. The van der Waals surface area contributed by atoms with Crippen molar-refractivity contribution in [2.45, 2.75) is 6.92 Å². The average Bonchev–Trinajstić information content (AvgIpc) is 2.62. The number of nitrogens with zero attached hydrogens (tertiary/aromatic N) is 1. The Morgan fingerprint density at radius 3 is 2.77 bits per heavy atom. The third-order valence-electron chi connectivity index (χ3n) is 1.83. The fraction of sp³-hybridized carbons (Fsp3) is 0.125. The normalized spacial score (nSPS) is 10.6. The van der Waals surface area contributed by atoms with Crippen molar-refractivity contribution in [3.8, 4) is 11.3 Å². The largest absolute Gasteiger partial charge is 0.452 e. The molecule has 2 aromatic heterocycles. The van der Waals surface area contributed by atoms with Gasteiger partial charge in [0.15, 0.2) is 0 Å². The van der Waals surface area contributed by atoms with Crippen molar-refractivity contribution in [3.63, 3.8) is 0 Å². The topological polar surface area (TPSA) is 65.2 Å². The van der Waals surface area contributed by atoms with Crippen molar-refractivity contribution in [3.05, 3.63) is 23.1 Å². The molecular formula is C8H7ClN2O2. The number of nitrogens with two attached hydrogens (primary N) is 1. The lowest BCUT2D eigenvalue weighted by Crippen LogP contribution is -1.84. The van der Waals surface area contributed by atoms with E-state index >= 15 is 0 Å². The molecule has 0 atom stereocenters. The lowest BCUT2D eigenvalue weighted by Gasteiger charge is -1.91. The zero-order chi connectivity index (χ0) is 9.42. The second kappa shape index (κ2) is 2.81. The molecule has 2 heterocycles. The second-order valence-corrected chi connectivity index (χ2v) is 2.97. The van der Waals surface area contributed by atoms with E-state index in [2.05, 4.69) is 5.16 Å². The van der Waals surface area contributed by atoms with E-state index < -0.39 is 0 Å². The molecule has 2 aromatic rings. The van der Waals surface area contributed by atoms with Crippen LogP contribution in [0.5, 0.6) is 0 Å². The summed E-state index contributed by atoms with van der Waals surface area (Å²) in [4.78, 5) is 0. The van der Waals surface area contributed by atoms with Gasteiger partial charge in [-0.3, -0.25) is 0 Å². The van der Waals surface area contributed by atoms with Crippen LogP contribution in [0.4, 0.5) is 5.88 Å². The maximum absolute atomic E-state index is 5.77. The smallest absolute Gasteiger partial charge is 0.225 e. The van der Waals surface area contributed by atoms with Crippen LogP contribution >= 0.6 is 11.6 Å². The van der Waals surface area contributed by atoms with Crippen LogP contribution in [0.25, 0.3) is 11.3 Å². The molecule has 0 aliphatic carbocycles. The highest BCUT2D eigenvalue weighted by Gasteiger charge is 2.15. The van der Waals surface area contributed by atoms with Crippen molar-refractivity contribution in [1.29, 1.82) is 0 Å². The minimum atomic E-state index is 0.288. The highest BCUT2D eigenvalue weighted by Crippen LogP contribution is 2.32. The van der Waals surface area contributed by atoms with E-state index in [0.29, 0.717) is 17.1 Å². The lowest BCUT2D eigenvalue weighted by atomic mass is 10.1. The molecule has 0 bridgehead atoms. The van der Waals surface area contributed by atoms with Crippen LogP contribution in [-0.4, -0.2) is 5.16 Å². The molecule has 2 N–H and O–H groups in total. The van der Waals surface area contributed by atoms with Crippen LogP contribution in [0.15, 0.2) is 21.3 Å². The van der Waals surface area contributed by atoms with E-state index in [1.54, 1.807) is 6.07 Å². The third kappa shape index (κ3) is 1.19. The second-order valence-electron chi connectivity index (χ2n) is 2.63. The van der Waals surface area contributed by atoms with Gasteiger partial charge in [0.05, 0.1) is 11.8 Å². The van der Waals surface area contributed by atoms with Crippen LogP contribution in [0, 0.1) is 6.92 Å². The van der Waals surface area contributed by atoms with Gasteiger partial charge in [0.25, 0.3) is 0 Å². The van der Waals surface area contributed by atoms with Gasteiger partial charge in [-0.05, 0) is 24.6 Å². The monoisotopic (exact) mass is 198 g/mol. The van der Waals surface area contributed by atoms with E-state index in [-0.39, 0.29) is 5.22 Å². The van der Waals surface area contributed by atoms with E-state index in [4.69, 9.17) is 26.3 Å². The molecule has 0 radical (unpaired) electrons. The molecular weight excluding hydrogens is 192 g/mol. The first-order chi connectivity index (χ1) is 6.20. The quantitative estimate of drug-likeness (QED) is 0.765. The molecule has 0 spiro atoms. The molecule has 0 fully saturated rings. The van der Waals surface area contributed by atoms with Crippen molar-refractivity contribution < 1.29 is 8.94 Å². The number of hydrogen-bond donors (Lipinski definition) is 1. The van der Waals surface area contributed by atoms with Gasteiger partial charge in [-0.2, -0.15) is 0 Å². The molecule has 0 unspecified atom stereocenters. The maximum Gasteiger partial charge on any atom is 0.225 e. The predicted octanol–water partition coefficient (Wildman–Crippen LogP) is 2.48. The van der Waals surface area contributed by atoms with Crippen LogP contribution in [0.3, 0.4) is 0 Å². The number of nitrogen functional groups attached to an aromatic ring is 1. The average molecular weight is 199 g/mol. The highest BCUT2D eigenvalue weighted by molar-refractivity contribution is 6.31. The fourth-order valence-electron chi connectivity index (χ4n) is 1.06. The van der Waals surface area contributed by atoms with Gasteiger partial charge in [0.2, 0.25) is 11.1 Å². The van der Waals surface area contributed by atoms with Crippen LogP contribution in [-0.2, 0) is 0 Å². The summed E-state index contributed by atoms with van der Waals surface area (Å²) in [5, 5.41) is 4.06. The number of hydrogen-bond acceptors (Lipinski definition) is 4. The molecule has 5 heteroatoms. The van der Waals surface area contributed by atoms with Gasteiger partial charge < -0.3 is 14.7 Å². The number of aromatic nitrogens is 1. The Hall–Kier alpha value is -1.42. The molecule has 2 rings (SSSR count). The molecule has 0 aliphatic heterocycles. The minimum absolute atomic E-state index is 0.288. The Kier molecular flexibility index (Phi) is 1.77. The summed E-state index contributed by atoms with van der Waals surface area (Å²) in [6, 6.07) is 1.71. The molecule has 0 aliphatic rings. The third-order valence-corrected chi connectivity index (χ3v) is 2.13. The number of anilines is 1. The molecule has 0 saturated heterocycles. The molecule has 0 saturated carbocycles. The maximum atomic E-state index is 5.77. The summed E-state index contributed by atoms with van der Waals surface area (Å²) < 4.78 is 9.73. The van der Waals surface area contributed by atoms with E-state index in [9.17, 15) is 0 Å². The SMILES string of the molecule is Cc1c(-c2ccoc2Cl)noc1N.